The highest BCUT2D eigenvalue weighted by atomic mass is 15.2. The first-order chi connectivity index (χ1) is 31.8. The van der Waals surface area contributed by atoms with Crippen LogP contribution in [-0.2, 0) is 0 Å². The lowest BCUT2D eigenvalue weighted by Crippen LogP contribution is -2.11. The zero-order valence-corrected chi connectivity index (χ0v) is 34.9. The summed E-state index contributed by atoms with van der Waals surface area (Å²) in [6.45, 7) is 0. The van der Waals surface area contributed by atoms with Gasteiger partial charge in [0.1, 0.15) is 0 Å². The minimum Gasteiger partial charge on any atom is -0.309 e. The van der Waals surface area contributed by atoms with Crippen molar-refractivity contribution >= 4 is 28.0 Å². The number of aromatic nitrogens is 3. The SMILES string of the molecule is c1ccc(-c2cc(-c3ccc(-c4ccc(N5c6ccccc6-c6c(n(-c7ccccc7)c7c(-c8ccccc8)cccc67)-c6ccccc65)cc4)cc3)nc(-c3ccccc3)n2)cc1. The molecule has 0 unspecified atom stereocenters. The zero-order chi connectivity index (χ0) is 42.4. The third-order valence-electron chi connectivity index (χ3n) is 12.4. The molecule has 0 radical (unpaired) electrons. The van der Waals surface area contributed by atoms with E-state index in [1.165, 1.54) is 44.4 Å². The van der Waals surface area contributed by atoms with Crippen molar-refractivity contribution in [2.75, 3.05) is 4.90 Å². The third-order valence-corrected chi connectivity index (χ3v) is 12.4. The molecule has 0 spiro atoms. The lowest BCUT2D eigenvalue weighted by molar-refractivity contribution is 1.13. The molecule has 64 heavy (non-hydrogen) atoms. The molecule has 4 nitrogen and oxygen atoms in total. The van der Waals surface area contributed by atoms with E-state index in [2.05, 4.69) is 216 Å². The summed E-state index contributed by atoms with van der Waals surface area (Å²) in [7, 11) is 0. The number of para-hydroxylation sites is 4. The third kappa shape index (κ3) is 6.40. The molecule has 11 aromatic rings. The quantitative estimate of drug-likeness (QED) is 0.161. The predicted octanol–water partition coefficient (Wildman–Crippen LogP) is 15.9. The molecule has 1 aliphatic heterocycles. The Morgan fingerprint density at radius 2 is 0.781 bits per heavy atom. The van der Waals surface area contributed by atoms with Crippen LogP contribution in [0.4, 0.5) is 17.1 Å². The molecule has 0 saturated heterocycles. The maximum atomic E-state index is 5.06. The standard InChI is InChI=1S/C60H40N4/c1-5-18-43(19-6-1)49-28-17-29-52-57-50-26-13-15-30-55(50)63(56-31-16-14-27-51(56)59(57)64(58(49)52)47-24-11-4-12-25-47)48-38-36-42(37-39-48)41-32-34-45(35-33-41)54-40-53(44-20-7-2-8-21-44)61-60(62-54)46-22-9-3-10-23-46/h1-40H. The monoisotopic (exact) mass is 816 g/mol. The van der Waals surface area contributed by atoms with Gasteiger partial charge in [0.15, 0.2) is 5.82 Å². The summed E-state index contributed by atoms with van der Waals surface area (Å²) in [4.78, 5) is 12.5. The molecule has 300 valence electrons. The van der Waals surface area contributed by atoms with Crippen LogP contribution in [0, 0.1) is 0 Å². The Labute approximate surface area is 372 Å². The number of benzene rings is 9. The van der Waals surface area contributed by atoms with Gasteiger partial charge in [0, 0.05) is 55.7 Å². The van der Waals surface area contributed by atoms with Gasteiger partial charge in [0.25, 0.3) is 0 Å². The van der Waals surface area contributed by atoms with Crippen molar-refractivity contribution in [3.05, 3.63) is 243 Å². The smallest absolute Gasteiger partial charge is 0.160 e. The Bertz CT molecular complexity index is 3390. The molecule has 2 aromatic heterocycles. The highest BCUT2D eigenvalue weighted by Crippen LogP contribution is 2.55. The molecular formula is C60H40N4. The number of rotatable bonds is 7. The predicted molar refractivity (Wildman–Crippen MR) is 265 cm³/mol. The van der Waals surface area contributed by atoms with Gasteiger partial charge in [-0.3, -0.25) is 0 Å². The molecule has 0 fully saturated rings. The number of fused-ring (bicyclic) bond motifs is 7. The van der Waals surface area contributed by atoms with Crippen molar-refractivity contribution in [3.63, 3.8) is 0 Å². The van der Waals surface area contributed by atoms with E-state index >= 15 is 0 Å². The van der Waals surface area contributed by atoms with Crippen molar-refractivity contribution in [2.45, 2.75) is 0 Å². The summed E-state index contributed by atoms with van der Waals surface area (Å²) in [6, 6.07) is 86.4. The Morgan fingerprint density at radius 3 is 1.42 bits per heavy atom. The van der Waals surface area contributed by atoms with Gasteiger partial charge in [0.2, 0.25) is 0 Å². The van der Waals surface area contributed by atoms with Gasteiger partial charge in [-0.1, -0.05) is 200 Å². The van der Waals surface area contributed by atoms with Crippen LogP contribution in [0.2, 0.25) is 0 Å². The number of nitrogens with zero attached hydrogens (tertiary/aromatic N) is 4. The largest absolute Gasteiger partial charge is 0.309 e. The number of hydrogen-bond donors (Lipinski definition) is 0. The van der Waals surface area contributed by atoms with Crippen molar-refractivity contribution < 1.29 is 0 Å². The molecule has 0 amide bonds. The molecule has 0 saturated carbocycles. The van der Waals surface area contributed by atoms with E-state index in [9.17, 15) is 0 Å². The molecule has 0 bridgehead atoms. The van der Waals surface area contributed by atoms with E-state index in [1.807, 2.05) is 36.4 Å². The minimum atomic E-state index is 0.711. The van der Waals surface area contributed by atoms with Crippen LogP contribution < -0.4 is 4.90 Å². The highest BCUT2D eigenvalue weighted by molar-refractivity contribution is 6.15. The van der Waals surface area contributed by atoms with Crippen LogP contribution in [0.5, 0.6) is 0 Å². The first kappa shape index (κ1) is 37.2. The maximum absolute atomic E-state index is 5.06. The summed E-state index contributed by atoms with van der Waals surface area (Å²) in [5, 5.41) is 1.22. The minimum absolute atomic E-state index is 0.711. The van der Waals surface area contributed by atoms with Gasteiger partial charge in [-0.25, -0.2) is 9.97 Å². The summed E-state index contributed by atoms with van der Waals surface area (Å²) in [5.74, 6) is 0.711. The van der Waals surface area contributed by atoms with Crippen LogP contribution in [0.3, 0.4) is 0 Å². The Balaban J connectivity index is 0.960. The van der Waals surface area contributed by atoms with Crippen LogP contribution in [0.1, 0.15) is 0 Å². The van der Waals surface area contributed by atoms with E-state index in [1.54, 1.807) is 0 Å². The Kier molecular flexibility index (Phi) is 9.12. The molecule has 0 atom stereocenters. The maximum Gasteiger partial charge on any atom is 0.160 e. The lowest BCUT2D eigenvalue weighted by atomic mass is 9.96. The number of anilines is 3. The molecule has 3 heterocycles. The fourth-order valence-corrected chi connectivity index (χ4v) is 9.41. The van der Waals surface area contributed by atoms with Gasteiger partial charge in [0.05, 0.1) is 34.0 Å². The first-order valence-electron chi connectivity index (χ1n) is 21.7. The summed E-state index contributed by atoms with van der Waals surface area (Å²) in [5.41, 5.74) is 20.0. The molecule has 1 aliphatic rings. The van der Waals surface area contributed by atoms with Crippen LogP contribution in [0.25, 0.3) is 95.1 Å². The van der Waals surface area contributed by atoms with Crippen LogP contribution in [-0.4, -0.2) is 14.5 Å². The van der Waals surface area contributed by atoms with Crippen LogP contribution in [0.15, 0.2) is 243 Å². The second-order valence-corrected chi connectivity index (χ2v) is 16.2. The van der Waals surface area contributed by atoms with E-state index < -0.39 is 0 Å². The number of hydrogen-bond acceptors (Lipinski definition) is 3. The summed E-state index contributed by atoms with van der Waals surface area (Å²) >= 11 is 0. The van der Waals surface area contributed by atoms with E-state index in [0.29, 0.717) is 5.82 Å². The van der Waals surface area contributed by atoms with Gasteiger partial charge in [-0.2, -0.15) is 0 Å². The average Bonchev–Trinajstić information content (AvgIpc) is 3.67. The van der Waals surface area contributed by atoms with E-state index in [0.717, 1.165) is 62.0 Å². The van der Waals surface area contributed by atoms with Crippen molar-refractivity contribution in [1.29, 1.82) is 0 Å². The fourth-order valence-electron chi connectivity index (χ4n) is 9.41. The molecule has 4 heteroatoms. The lowest BCUT2D eigenvalue weighted by Gasteiger charge is -2.28. The normalized spacial score (nSPS) is 11.7. The van der Waals surface area contributed by atoms with Crippen LogP contribution >= 0.6 is 0 Å². The van der Waals surface area contributed by atoms with Gasteiger partial charge in [-0.05, 0) is 59.2 Å². The summed E-state index contributed by atoms with van der Waals surface area (Å²) in [6.07, 6.45) is 0. The molecular weight excluding hydrogens is 777 g/mol. The average molecular weight is 817 g/mol. The van der Waals surface area contributed by atoms with E-state index in [-0.39, 0.29) is 0 Å². The molecule has 12 rings (SSSR count). The highest BCUT2D eigenvalue weighted by Gasteiger charge is 2.32. The fraction of sp³-hybridized carbons (Fsp3) is 0. The topological polar surface area (TPSA) is 34.0 Å². The molecule has 0 N–H and O–H groups in total. The molecule has 0 aliphatic carbocycles. The van der Waals surface area contributed by atoms with Crippen molar-refractivity contribution in [1.82, 2.24) is 14.5 Å². The van der Waals surface area contributed by atoms with E-state index in [4.69, 9.17) is 9.97 Å². The second kappa shape index (κ2) is 15.7. The Hall–Kier alpha value is -8.60. The van der Waals surface area contributed by atoms with Crippen molar-refractivity contribution in [3.8, 4) is 84.2 Å². The first-order valence-corrected chi connectivity index (χ1v) is 21.7. The van der Waals surface area contributed by atoms with Gasteiger partial charge >= 0.3 is 0 Å². The van der Waals surface area contributed by atoms with Crippen molar-refractivity contribution in [2.24, 2.45) is 0 Å². The Morgan fingerprint density at radius 1 is 0.312 bits per heavy atom. The summed E-state index contributed by atoms with van der Waals surface area (Å²) < 4.78 is 2.49. The second-order valence-electron chi connectivity index (χ2n) is 16.2. The van der Waals surface area contributed by atoms with Gasteiger partial charge in [-0.15, -0.1) is 0 Å². The van der Waals surface area contributed by atoms with Gasteiger partial charge < -0.3 is 9.47 Å². The molecule has 9 aromatic carbocycles. The zero-order valence-electron chi connectivity index (χ0n) is 34.9.